The number of rotatable bonds is 6. The molecule has 98 valence electrons. The number of aliphatic carboxylic acids is 1. The SMILES string of the molecule is CC(C(=O)O)=C(C)C(=O)NC(C)CCN(C)C. The highest BCUT2D eigenvalue weighted by atomic mass is 16.4. The van der Waals surface area contributed by atoms with Gasteiger partial charge in [0.05, 0.1) is 0 Å². The van der Waals surface area contributed by atoms with Crippen LogP contribution in [0, 0.1) is 0 Å². The van der Waals surface area contributed by atoms with Crippen molar-refractivity contribution >= 4 is 11.9 Å². The van der Waals surface area contributed by atoms with Crippen LogP contribution in [0.1, 0.15) is 27.2 Å². The van der Waals surface area contributed by atoms with E-state index >= 15 is 0 Å². The van der Waals surface area contributed by atoms with Crippen molar-refractivity contribution < 1.29 is 14.7 Å². The smallest absolute Gasteiger partial charge is 0.331 e. The average molecular weight is 242 g/mol. The fourth-order valence-corrected chi connectivity index (χ4v) is 1.19. The second-order valence-corrected chi connectivity index (χ2v) is 4.52. The van der Waals surface area contributed by atoms with E-state index in [2.05, 4.69) is 5.32 Å². The largest absolute Gasteiger partial charge is 0.478 e. The van der Waals surface area contributed by atoms with E-state index in [0.717, 1.165) is 13.0 Å². The molecule has 0 radical (unpaired) electrons. The molecule has 1 atom stereocenters. The number of nitrogens with zero attached hydrogens (tertiary/aromatic N) is 1. The highest BCUT2D eigenvalue weighted by Gasteiger charge is 2.14. The summed E-state index contributed by atoms with van der Waals surface area (Å²) in [6.07, 6.45) is 0.831. The molecule has 0 aromatic rings. The van der Waals surface area contributed by atoms with Crippen molar-refractivity contribution in [1.29, 1.82) is 0 Å². The fourth-order valence-electron chi connectivity index (χ4n) is 1.19. The summed E-state index contributed by atoms with van der Waals surface area (Å²) in [7, 11) is 3.93. The summed E-state index contributed by atoms with van der Waals surface area (Å²) < 4.78 is 0. The van der Waals surface area contributed by atoms with E-state index in [-0.39, 0.29) is 23.1 Å². The Kier molecular flexibility index (Phi) is 6.50. The van der Waals surface area contributed by atoms with E-state index in [1.54, 1.807) is 0 Å². The Hall–Kier alpha value is -1.36. The molecule has 5 nitrogen and oxygen atoms in total. The third-order valence-corrected chi connectivity index (χ3v) is 2.61. The van der Waals surface area contributed by atoms with Crippen LogP contribution in [0.2, 0.25) is 0 Å². The van der Waals surface area contributed by atoms with E-state index in [0.29, 0.717) is 0 Å². The number of carbonyl (C=O) groups is 2. The Balaban J connectivity index is 4.35. The van der Waals surface area contributed by atoms with Crippen molar-refractivity contribution in [2.24, 2.45) is 0 Å². The summed E-state index contributed by atoms with van der Waals surface area (Å²) in [5.41, 5.74) is 0.344. The van der Waals surface area contributed by atoms with Gasteiger partial charge in [-0.2, -0.15) is 0 Å². The molecule has 0 aromatic carbocycles. The standard InChI is InChI=1S/C12H22N2O3/c1-8(6-7-14(4)5)13-11(15)9(2)10(3)12(16)17/h8H,6-7H2,1-5H3,(H,13,15)(H,16,17). The van der Waals surface area contributed by atoms with Gasteiger partial charge < -0.3 is 15.3 Å². The van der Waals surface area contributed by atoms with Crippen molar-refractivity contribution in [1.82, 2.24) is 10.2 Å². The van der Waals surface area contributed by atoms with Crippen LogP contribution in [0.5, 0.6) is 0 Å². The molecule has 2 N–H and O–H groups in total. The monoisotopic (exact) mass is 242 g/mol. The number of carboxylic acid groups (broad SMARTS) is 1. The molecule has 1 amide bonds. The third kappa shape index (κ3) is 6.06. The normalized spacial score (nSPS) is 14.2. The van der Waals surface area contributed by atoms with Gasteiger partial charge in [0.15, 0.2) is 0 Å². The molecule has 0 saturated heterocycles. The number of hydrogen-bond donors (Lipinski definition) is 2. The summed E-state index contributed by atoms with van der Waals surface area (Å²) >= 11 is 0. The van der Waals surface area contributed by atoms with Crippen LogP contribution in [-0.4, -0.2) is 48.6 Å². The first-order valence-electron chi connectivity index (χ1n) is 5.62. The van der Waals surface area contributed by atoms with Crippen LogP contribution in [0.4, 0.5) is 0 Å². The first kappa shape index (κ1) is 15.6. The number of carboxylic acids is 1. The molecule has 1 unspecified atom stereocenters. The summed E-state index contributed by atoms with van der Waals surface area (Å²) in [5, 5.41) is 11.6. The molecule has 17 heavy (non-hydrogen) atoms. The minimum atomic E-state index is -1.06. The molecule has 5 heteroatoms. The van der Waals surface area contributed by atoms with Crippen LogP contribution >= 0.6 is 0 Å². The van der Waals surface area contributed by atoms with Crippen LogP contribution in [0.25, 0.3) is 0 Å². The van der Waals surface area contributed by atoms with Gasteiger partial charge in [0.25, 0.3) is 0 Å². The van der Waals surface area contributed by atoms with Gasteiger partial charge >= 0.3 is 5.97 Å². The number of amides is 1. The second-order valence-electron chi connectivity index (χ2n) is 4.52. The molecule has 0 aliphatic heterocycles. The highest BCUT2D eigenvalue weighted by Crippen LogP contribution is 2.04. The van der Waals surface area contributed by atoms with Gasteiger partial charge in [-0.25, -0.2) is 4.79 Å². The van der Waals surface area contributed by atoms with Gasteiger partial charge in [-0.15, -0.1) is 0 Å². The molecular formula is C12H22N2O3. The summed E-state index contributed by atoms with van der Waals surface area (Å²) in [4.78, 5) is 24.4. The van der Waals surface area contributed by atoms with E-state index < -0.39 is 5.97 Å². The van der Waals surface area contributed by atoms with Gasteiger partial charge in [0.2, 0.25) is 5.91 Å². The van der Waals surface area contributed by atoms with Crippen LogP contribution in [-0.2, 0) is 9.59 Å². The van der Waals surface area contributed by atoms with E-state index in [1.165, 1.54) is 13.8 Å². The van der Waals surface area contributed by atoms with Crippen molar-refractivity contribution in [3.63, 3.8) is 0 Å². The second kappa shape index (κ2) is 7.06. The van der Waals surface area contributed by atoms with Crippen LogP contribution in [0.15, 0.2) is 11.1 Å². The van der Waals surface area contributed by atoms with E-state index in [4.69, 9.17) is 5.11 Å². The predicted molar refractivity (Wildman–Crippen MR) is 66.8 cm³/mol. The van der Waals surface area contributed by atoms with Gasteiger partial charge in [-0.1, -0.05) is 0 Å². The van der Waals surface area contributed by atoms with Crippen molar-refractivity contribution in [3.8, 4) is 0 Å². The van der Waals surface area contributed by atoms with Crippen molar-refractivity contribution in [2.75, 3.05) is 20.6 Å². The van der Waals surface area contributed by atoms with Crippen LogP contribution < -0.4 is 5.32 Å². The van der Waals surface area contributed by atoms with Gasteiger partial charge in [-0.3, -0.25) is 4.79 Å². The van der Waals surface area contributed by atoms with Crippen LogP contribution in [0.3, 0.4) is 0 Å². The Morgan fingerprint density at radius 1 is 1.24 bits per heavy atom. The molecule has 0 bridgehead atoms. The van der Waals surface area contributed by atoms with E-state index in [9.17, 15) is 9.59 Å². The van der Waals surface area contributed by atoms with Gasteiger partial charge in [0, 0.05) is 17.2 Å². The molecule has 0 spiro atoms. The number of carbonyl (C=O) groups excluding carboxylic acids is 1. The lowest BCUT2D eigenvalue weighted by molar-refractivity contribution is -0.133. The fraction of sp³-hybridized carbons (Fsp3) is 0.667. The maximum atomic E-state index is 11.7. The van der Waals surface area contributed by atoms with Gasteiger partial charge in [-0.05, 0) is 47.8 Å². The first-order valence-corrected chi connectivity index (χ1v) is 5.62. The maximum Gasteiger partial charge on any atom is 0.331 e. The lowest BCUT2D eigenvalue weighted by Gasteiger charge is -2.17. The Labute approximate surface area is 102 Å². The lowest BCUT2D eigenvalue weighted by atomic mass is 10.1. The lowest BCUT2D eigenvalue weighted by Crippen LogP contribution is -2.35. The third-order valence-electron chi connectivity index (χ3n) is 2.61. The van der Waals surface area contributed by atoms with Crippen molar-refractivity contribution in [3.05, 3.63) is 11.1 Å². The summed E-state index contributed by atoms with van der Waals surface area (Å²) in [6, 6.07) is 0.0291. The predicted octanol–water partition coefficient (Wildman–Crippen LogP) is 0.864. The topological polar surface area (TPSA) is 69.6 Å². The highest BCUT2D eigenvalue weighted by molar-refractivity contribution is 6.01. The molecule has 0 heterocycles. The Bertz CT molecular complexity index is 322. The Morgan fingerprint density at radius 2 is 1.76 bits per heavy atom. The zero-order valence-corrected chi connectivity index (χ0v) is 11.2. The minimum Gasteiger partial charge on any atom is -0.478 e. The number of nitrogens with one attached hydrogen (secondary N) is 1. The zero-order chi connectivity index (χ0) is 13.6. The molecule has 0 aliphatic rings. The quantitative estimate of drug-likeness (QED) is 0.678. The minimum absolute atomic E-state index is 0.0291. The van der Waals surface area contributed by atoms with E-state index in [1.807, 2.05) is 25.9 Å². The molecule has 0 aromatic heterocycles. The molecule has 0 aliphatic carbocycles. The molecular weight excluding hydrogens is 220 g/mol. The molecule has 0 saturated carbocycles. The maximum absolute atomic E-state index is 11.7. The van der Waals surface area contributed by atoms with Gasteiger partial charge in [0.1, 0.15) is 0 Å². The molecule has 0 rings (SSSR count). The Morgan fingerprint density at radius 3 is 2.18 bits per heavy atom. The van der Waals surface area contributed by atoms with Crippen molar-refractivity contribution in [2.45, 2.75) is 33.2 Å². The summed E-state index contributed by atoms with van der Waals surface area (Å²) in [5.74, 6) is -1.37. The summed E-state index contributed by atoms with van der Waals surface area (Å²) in [6.45, 7) is 5.74. The number of hydrogen-bond acceptors (Lipinski definition) is 3. The zero-order valence-electron chi connectivity index (χ0n) is 11.2. The average Bonchev–Trinajstić information content (AvgIpc) is 2.23. The molecule has 0 fully saturated rings. The first-order chi connectivity index (χ1) is 7.75.